The minimum atomic E-state index is -0.227. The monoisotopic (exact) mass is 249 g/mol. The van der Waals surface area contributed by atoms with E-state index in [1.807, 2.05) is 0 Å². The molecule has 0 atom stereocenters. The van der Waals surface area contributed by atoms with Gasteiger partial charge in [-0.05, 0) is 31.0 Å². The zero-order chi connectivity index (χ0) is 13.1. The Hall–Kier alpha value is -1.71. The average molecular weight is 249 g/mol. The Morgan fingerprint density at radius 1 is 1.22 bits per heavy atom. The van der Waals surface area contributed by atoms with E-state index >= 15 is 0 Å². The smallest absolute Gasteiger partial charge is 0.257 e. The van der Waals surface area contributed by atoms with E-state index in [1.54, 1.807) is 11.9 Å². The molecule has 0 bridgehead atoms. The van der Waals surface area contributed by atoms with Gasteiger partial charge in [-0.25, -0.2) is 0 Å². The second-order valence-electron chi connectivity index (χ2n) is 4.91. The van der Waals surface area contributed by atoms with Gasteiger partial charge in [-0.1, -0.05) is 19.3 Å². The minimum Gasteiger partial charge on any atom is -0.508 e. The molecule has 2 rings (SSSR count). The summed E-state index contributed by atoms with van der Waals surface area (Å²) in [5.74, 6) is -0.316. The molecule has 1 aromatic carbocycles. The Balaban J connectivity index is 2.16. The first-order chi connectivity index (χ1) is 8.59. The Labute approximate surface area is 107 Å². The molecule has 0 radical (unpaired) electrons. The lowest BCUT2D eigenvalue weighted by atomic mass is 9.94. The Morgan fingerprint density at radius 2 is 1.89 bits per heavy atom. The Morgan fingerprint density at radius 3 is 2.56 bits per heavy atom. The SMILES string of the molecule is CN(C(=O)c1cc(O)ccc1O)C1CCCCC1. The number of carbonyl (C=O) groups excluding carboxylic acids is 1. The van der Waals surface area contributed by atoms with Crippen LogP contribution >= 0.6 is 0 Å². The fourth-order valence-electron chi connectivity index (χ4n) is 2.52. The van der Waals surface area contributed by atoms with Crippen molar-refractivity contribution in [3.05, 3.63) is 23.8 Å². The number of carbonyl (C=O) groups is 1. The number of hydrogen-bond donors (Lipinski definition) is 2. The highest BCUT2D eigenvalue weighted by molar-refractivity contribution is 5.97. The van der Waals surface area contributed by atoms with Crippen molar-refractivity contribution in [2.24, 2.45) is 0 Å². The lowest BCUT2D eigenvalue weighted by Gasteiger charge is -2.31. The van der Waals surface area contributed by atoms with E-state index < -0.39 is 0 Å². The molecule has 0 aromatic heterocycles. The van der Waals surface area contributed by atoms with Gasteiger partial charge >= 0.3 is 0 Å². The van der Waals surface area contributed by atoms with Crippen molar-refractivity contribution in [3.8, 4) is 11.5 Å². The van der Waals surface area contributed by atoms with Gasteiger partial charge in [-0.2, -0.15) is 0 Å². The number of nitrogens with zero attached hydrogens (tertiary/aromatic N) is 1. The van der Waals surface area contributed by atoms with Gasteiger partial charge < -0.3 is 15.1 Å². The van der Waals surface area contributed by atoms with Gasteiger partial charge in [0.1, 0.15) is 11.5 Å². The van der Waals surface area contributed by atoms with Crippen molar-refractivity contribution >= 4 is 5.91 Å². The molecule has 98 valence electrons. The lowest BCUT2D eigenvalue weighted by Crippen LogP contribution is -2.38. The third-order valence-electron chi connectivity index (χ3n) is 3.65. The van der Waals surface area contributed by atoms with E-state index in [1.165, 1.54) is 24.6 Å². The molecule has 1 fully saturated rings. The molecule has 1 aliphatic carbocycles. The third kappa shape index (κ3) is 2.58. The number of rotatable bonds is 2. The Bertz CT molecular complexity index is 439. The number of hydrogen-bond acceptors (Lipinski definition) is 3. The van der Waals surface area contributed by atoms with E-state index in [0.717, 1.165) is 25.7 Å². The normalized spacial score (nSPS) is 16.5. The van der Waals surface area contributed by atoms with E-state index in [-0.39, 0.29) is 29.0 Å². The van der Waals surface area contributed by atoms with Crippen LogP contribution in [0.4, 0.5) is 0 Å². The summed E-state index contributed by atoms with van der Waals surface area (Å²) < 4.78 is 0. The maximum absolute atomic E-state index is 12.3. The molecule has 0 spiro atoms. The maximum Gasteiger partial charge on any atom is 0.257 e. The number of benzene rings is 1. The van der Waals surface area contributed by atoms with Gasteiger partial charge in [0.15, 0.2) is 0 Å². The molecule has 1 aromatic rings. The van der Waals surface area contributed by atoms with Crippen LogP contribution in [0.5, 0.6) is 11.5 Å². The zero-order valence-corrected chi connectivity index (χ0v) is 10.6. The van der Waals surface area contributed by atoms with Crippen LogP contribution in [-0.2, 0) is 0 Å². The van der Waals surface area contributed by atoms with Gasteiger partial charge in [0.2, 0.25) is 0 Å². The van der Waals surface area contributed by atoms with E-state index in [9.17, 15) is 15.0 Å². The summed E-state index contributed by atoms with van der Waals surface area (Å²) >= 11 is 0. The molecule has 0 unspecified atom stereocenters. The number of phenolic OH excluding ortho intramolecular Hbond substituents is 2. The van der Waals surface area contributed by atoms with Crippen LogP contribution in [0.2, 0.25) is 0 Å². The maximum atomic E-state index is 12.3. The van der Waals surface area contributed by atoms with Crippen LogP contribution in [0.1, 0.15) is 42.5 Å². The highest BCUT2D eigenvalue weighted by Gasteiger charge is 2.24. The first-order valence-electron chi connectivity index (χ1n) is 6.38. The highest BCUT2D eigenvalue weighted by atomic mass is 16.3. The molecule has 18 heavy (non-hydrogen) atoms. The summed E-state index contributed by atoms with van der Waals surface area (Å²) in [4.78, 5) is 14.0. The standard InChI is InChI=1S/C14H19NO3/c1-15(10-5-3-2-4-6-10)14(18)12-9-11(16)7-8-13(12)17/h7-10,16-17H,2-6H2,1H3. The molecule has 0 saturated heterocycles. The fraction of sp³-hybridized carbons (Fsp3) is 0.500. The third-order valence-corrected chi connectivity index (χ3v) is 3.65. The number of aromatic hydroxyl groups is 2. The molecule has 2 N–H and O–H groups in total. The summed E-state index contributed by atoms with van der Waals surface area (Å²) in [6.45, 7) is 0. The molecule has 1 amide bonds. The van der Waals surface area contributed by atoms with E-state index in [0.29, 0.717) is 0 Å². The average Bonchev–Trinajstić information content (AvgIpc) is 2.41. The summed E-state index contributed by atoms with van der Waals surface area (Å²) in [5, 5.41) is 19.1. The topological polar surface area (TPSA) is 60.8 Å². The molecule has 1 aliphatic rings. The first-order valence-corrected chi connectivity index (χ1v) is 6.38. The second kappa shape index (κ2) is 5.29. The fourth-order valence-corrected chi connectivity index (χ4v) is 2.52. The van der Waals surface area contributed by atoms with Crippen molar-refractivity contribution in [1.29, 1.82) is 0 Å². The molecule has 4 heteroatoms. The molecule has 1 saturated carbocycles. The van der Waals surface area contributed by atoms with E-state index in [2.05, 4.69) is 0 Å². The zero-order valence-electron chi connectivity index (χ0n) is 10.6. The van der Waals surface area contributed by atoms with Crippen LogP contribution in [-0.4, -0.2) is 34.1 Å². The molecule has 0 heterocycles. The van der Waals surface area contributed by atoms with Crippen molar-refractivity contribution in [2.75, 3.05) is 7.05 Å². The van der Waals surface area contributed by atoms with Crippen molar-refractivity contribution in [3.63, 3.8) is 0 Å². The summed E-state index contributed by atoms with van der Waals surface area (Å²) in [6, 6.07) is 4.27. The molecule has 4 nitrogen and oxygen atoms in total. The Kier molecular flexibility index (Phi) is 3.75. The predicted molar refractivity (Wildman–Crippen MR) is 68.7 cm³/mol. The van der Waals surface area contributed by atoms with Crippen LogP contribution in [0.15, 0.2) is 18.2 Å². The minimum absolute atomic E-state index is 0.00630. The summed E-state index contributed by atoms with van der Waals surface area (Å²) in [5.41, 5.74) is 0.170. The van der Waals surface area contributed by atoms with Gasteiger partial charge in [0, 0.05) is 13.1 Å². The summed E-state index contributed by atoms with van der Waals surface area (Å²) in [6.07, 6.45) is 5.56. The highest BCUT2D eigenvalue weighted by Crippen LogP contribution is 2.27. The van der Waals surface area contributed by atoms with Crippen molar-refractivity contribution in [2.45, 2.75) is 38.1 Å². The molecular formula is C14H19NO3. The van der Waals surface area contributed by atoms with Gasteiger partial charge in [-0.15, -0.1) is 0 Å². The quantitative estimate of drug-likeness (QED) is 0.792. The second-order valence-corrected chi connectivity index (χ2v) is 4.91. The largest absolute Gasteiger partial charge is 0.508 e. The van der Waals surface area contributed by atoms with Gasteiger partial charge in [0.05, 0.1) is 5.56 Å². The van der Waals surface area contributed by atoms with Crippen LogP contribution < -0.4 is 0 Å². The number of phenols is 2. The summed E-state index contributed by atoms with van der Waals surface area (Å²) in [7, 11) is 1.77. The van der Waals surface area contributed by atoms with Crippen LogP contribution in [0.25, 0.3) is 0 Å². The molecule has 0 aliphatic heterocycles. The predicted octanol–water partition coefficient (Wildman–Crippen LogP) is 2.50. The lowest BCUT2D eigenvalue weighted by molar-refractivity contribution is 0.0693. The number of amides is 1. The van der Waals surface area contributed by atoms with E-state index in [4.69, 9.17) is 0 Å². The first kappa shape index (κ1) is 12.7. The van der Waals surface area contributed by atoms with Crippen LogP contribution in [0, 0.1) is 0 Å². The van der Waals surface area contributed by atoms with Crippen molar-refractivity contribution in [1.82, 2.24) is 4.90 Å². The van der Waals surface area contributed by atoms with Gasteiger partial charge in [0.25, 0.3) is 5.91 Å². The van der Waals surface area contributed by atoms with Gasteiger partial charge in [-0.3, -0.25) is 4.79 Å². The van der Waals surface area contributed by atoms with Crippen LogP contribution in [0.3, 0.4) is 0 Å². The molecular weight excluding hydrogens is 230 g/mol. The van der Waals surface area contributed by atoms with Crippen molar-refractivity contribution < 1.29 is 15.0 Å².